The number of nitrogens with zero attached hydrogens (tertiary/aromatic N) is 3. The van der Waals surface area contributed by atoms with Crippen LogP contribution < -0.4 is 0 Å². The number of aromatic nitrogens is 2. The maximum atomic E-state index is 10.6. The lowest BCUT2D eigenvalue weighted by Crippen LogP contribution is -2.00. The highest BCUT2D eigenvalue weighted by Gasteiger charge is 2.13. The molecule has 0 amide bonds. The van der Waals surface area contributed by atoms with Gasteiger partial charge in [0.2, 0.25) is 0 Å². The monoisotopic (exact) mass is 237 g/mol. The molecule has 0 bridgehead atoms. The minimum Gasteiger partial charge on any atom is -0.478 e. The number of carboxylic acids is 1. The third kappa shape index (κ3) is 2.30. The lowest BCUT2D eigenvalue weighted by Gasteiger charge is -1.91. The Morgan fingerprint density at radius 1 is 1.65 bits per heavy atom. The fourth-order valence-electron chi connectivity index (χ4n) is 1.27. The zero-order valence-electron chi connectivity index (χ0n) is 8.44. The van der Waals surface area contributed by atoms with E-state index in [1.807, 2.05) is 0 Å². The van der Waals surface area contributed by atoms with Crippen LogP contribution in [0.2, 0.25) is 0 Å². The average Bonchev–Trinajstić information content (AvgIpc) is 2.87. The molecule has 0 aliphatic heterocycles. The van der Waals surface area contributed by atoms with E-state index in [0.717, 1.165) is 6.26 Å². The Morgan fingerprint density at radius 3 is 2.94 bits per heavy atom. The number of rotatable bonds is 4. The Morgan fingerprint density at radius 2 is 2.41 bits per heavy atom. The van der Waals surface area contributed by atoms with Crippen molar-refractivity contribution in [1.29, 1.82) is 0 Å². The van der Waals surface area contributed by atoms with Gasteiger partial charge in [-0.25, -0.2) is 4.79 Å². The first-order chi connectivity index (χ1) is 8.06. The molecule has 2 heterocycles. The van der Waals surface area contributed by atoms with Crippen LogP contribution in [0.5, 0.6) is 0 Å². The molecule has 0 spiro atoms. The van der Waals surface area contributed by atoms with Gasteiger partial charge in [0.25, 0.3) is 0 Å². The predicted molar refractivity (Wildman–Crippen MR) is 53.7 cm³/mol. The number of carbonyl (C=O) groups is 1. The molecular formula is C9H7N3O5. The molecular weight excluding hydrogens is 230 g/mol. The third-order valence-corrected chi connectivity index (χ3v) is 2.03. The molecule has 1 N–H and O–H groups in total. The summed E-state index contributed by atoms with van der Waals surface area (Å²) in [6.45, 7) is 0.140. The van der Waals surface area contributed by atoms with Gasteiger partial charge in [-0.1, -0.05) is 0 Å². The van der Waals surface area contributed by atoms with Gasteiger partial charge < -0.3 is 19.6 Å². The van der Waals surface area contributed by atoms with E-state index in [-0.39, 0.29) is 17.9 Å². The van der Waals surface area contributed by atoms with E-state index < -0.39 is 10.9 Å². The molecule has 8 heteroatoms. The summed E-state index contributed by atoms with van der Waals surface area (Å²) in [7, 11) is 0. The Balaban J connectivity index is 2.13. The van der Waals surface area contributed by atoms with E-state index >= 15 is 0 Å². The van der Waals surface area contributed by atoms with Crippen LogP contribution in [0.3, 0.4) is 0 Å². The molecule has 8 nitrogen and oxygen atoms in total. The topological polar surface area (TPSA) is 111 Å². The molecule has 0 aliphatic rings. The van der Waals surface area contributed by atoms with Crippen LogP contribution in [0.25, 0.3) is 0 Å². The third-order valence-electron chi connectivity index (χ3n) is 2.03. The first-order valence-electron chi connectivity index (χ1n) is 4.55. The van der Waals surface area contributed by atoms with E-state index in [0.29, 0.717) is 5.76 Å². The second kappa shape index (κ2) is 4.08. The van der Waals surface area contributed by atoms with Crippen molar-refractivity contribution >= 4 is 11.8 Å². The molecule has 0 saturated carbocycles. The van der Waals surface area contributed by atoms with E-state index in [1.54, 1.807) is 0 Å². The quantitative estimate of drug-likeness (QED) is 0.630. The van der Waals surface area contributed by atoms with Gasteiger partial charge in [0.15, 0.2) is 0 Å². The maximum absolute atomic E-state index is 10.6. The minimum absolute atomic E-state index is 0.0293. The van der Waals surface area contributed by atoms with E-state index in [9.17, 15) is 14.9 Å². The first-order valence-corrected chi connectivity index (χ1v) is 4.55. The smallest absolute Gasteiger partial charge is 0.389 e. The highest BCUT2D eigenvalue weighted by atomic mass is 16.6. The van der Waals surface area contributed by atoms with Crippen molar-refractivity contribution in [2.45, 2.75) is 6.54 Å². The van der Waals surface area contributed by atoms with Crippen LogP contribution in [-0.2, 0) is 6.54 Å². The minimum atomic E-state index is -1.09. The van der Waals surface area contributed by atoms with Gasteiger partial charge in [0, 0.05) is 0 Å². The summed E-state index contributed by atoms with van der Waals surface area (Å²) < 4.78 is 6.28. The number of aromatic carboxylic acids is 1. The lowest BCUT2D eigenvalue weighted by molar-refractivity contribution is -0.389. The van der Waals surface area contributed by atoms with Crippen molar-refractivity contribution in [2.75, 3.05) is 0 Å². The van der Waals surface area contributed by atoms with E-state index in [1.165, 1.54) is 23.0 Å². The molecule has 2 aromatic rings. The zero-order valence-corrected chi connectivity index (χ0v) is 8.44. The fourth-order valence-corrected chi connectivity index (χ4v) is 1.27. The number of carboxylic acid groups (broad SMARTS) is 1. The van der Waals surface area contributed by atoms with Gasteiger partial charge in [-0.2, -0.15) is 4.68 Å². The SMILES string of the molecule is O=C(O)c1coc(Cn2ccc([N+](=O)[O-])n2)c1. The molecule has 2 aromatic heterocycles. The van der Waals surface area contributed by atoms with Gasteiger partial charge in [0.05, 0.1) is 22.9 Å². The highest BCUT2D eigenvalue weighted by molar-refractivity contribution is 5.87. The van der Waals surface area contributed by atoms with Gasteiger partial charge in [-0.3, -0.25) is 0 Å². The summed E-state index contributed by atoms with van der Waals surface area (Å²) in [6, 6.07) is 2.59. The summed E-state index contributed by atoms with van der Waals surface area (Å²) >= 11 is 0. The van der Waals surface area contributed by atoms with Gasteiger partial charge in [-0.05, 0) is 11.0 Å². The zero-order chi connectivity index (χ0) is 12.4. The second-order valence-electron chi connectivity index (χ2n) is 3.24. The standard InChI is InChI=1S/C9H7N3O5/c13-9(14)6-3-7(17-5-6)4-11-2-1-8(10-11)12(15)16/h1-3,5H,4H2,(H,13,14). The summed E-state index contributed by atoms with van der Waals surface area (Å²) in [5, 5.41) is 22.7. The van der Waals surface area contributed by atoms with Gasteiger partial charge >= 0.3 is 11.8 Å². The largest absolute Gasteiger partial charge is 0.478 e. The van der Waals surface area contributed by atoms with Crippen molar-refractivity contribution in [2.24, 2.45) is 0 Å². The molecule has 0 atom stereocenters. The van der Waals surface area contributed by atoms with Crippen molar-refractivity contribution in [3.8, 4) is 0 Å². The molecule has 0 aliphatic carbocycles. The Kier molecular flexibility index (Phi) is 2.61. The van der Waals surface area contributed by atoms with Crippen LogP contribution in [0.15, 0.2) is 29.0 Å². The second-order valence-corrected chi connectivity index (χ2v) is 3.24. The Labute approximate surface area is 94.2 Å². The summed E-state index contributed by atoms with van der Waals surface area (Å²) in [5.74, 6) is -0.998. The van der Waals surface area contributed by atoms with Crippen molar-refractivity contribution < 1.29 is 19.2 Å². The van der Waals surface area contributed by atoms with Crippen LogP contribution in [0, 0.1) is 10.1 Å². The summed E-state index contributed by atoms with van der Waals surface area (Å²) in [4.78, 5) is 20.4. The van der Waals surface area contributed by atoms with Gasteiger partial charge in [0.1, 0.15) is 18.6 Å². The average molecular weight is 237 g/mol. The predicted octanol–water partition coefficient (Wildman–Crippen LogP) is 1.13. The highest BCUT2D eigenvalue weighted by Crippen LogP contribution is 2.11. The molecule has 17 heavy (non-hydrogen) atoms. The van der Waals surface area contributed by atoms with Crippen LogP contribution in [0.4, 0.5) is 5.82 Å². The summed E-state index contributed by atoms with van der Waals surface area (Å²) in [6.07, 6.45) is 2.52. The van der Waals surface area contributed by atoms with Crippen LogP contribution >= 0.6 is 0 Å². The van der Waals surface area contributed by atoms with Crippen molar-refractivity contribution in [3.05, 3.63) is 46.0 Å². The number of hydrogen-bond acceptors (Lipinski definition) is 5. The number of furan rings is 1. The normalized spacial score (nSPS) is 10.4. The molecule has 2 rings (SSSR count). The van der Waals surface area contributed by atoms with Crippen molar-refractivity contribution in [1.82, 2.24) is 9.78 Å². The molecule has 88 valence electrons. The molecule has 0 radical (unpaired) electrons. The number of hydrogen-bond donors (Lipinski definition) is 1. The first kappa shape index (κ1) is 10.9. The molecule has 0 aromatic carbocycles. The maximum Gasteiger partial charge on any atom is 0.389 e. The fraction of sp³-hybridized carbons (Fsp3) is 0.111. The van der Waals surface area contributed by atoms with E-state index in [4.69, 9.17) is 9.52 Å². The van der Waals surface area contributed by atoms with Crippen LogP contribution in [-0.4, -0.2) is 25.8 Å². The molecule has 0 unspecified atom stereocenters. The molecule has 0 fully saturated rings. The van der Waals surface area contributed by atoms with E-state index in [2.05, 4.69) is 5.10 Å². The summed E-state index contributed by atoms with van der Waals surface area (Å²) in [5.41, 5.74) is 0.0293. The van der Waals surface area contributed by atoms with Gasteiger partial charge in [-0.15, -0.1) is 0 Å². The lowest BCUT2D eigenvalue weighted by atomic mass is 10.3. The Bertz CT molecular complexity index is 520. The van der Waals surface area contributed by atoms with Crippen LogP contribution in [0.1, 0.15) is 16.1 Å². The Hall–Kier alpha value is -2.64. The molecule has 0 saturated heterocycles. The number of nitro groups is 1. The van der Waals surface area contributed by atoms with Crippen molar-refractivity contribution in [3.63, 3.8) is 0 Å².